The maximum atomic E-state index is 12.9. The molecule has 6 nitrogen and oxygen atoms in total. The second-order valence-corrected chi connectivity index (χ2v) is 7.16. The van der Waals surface area contributed by atoms with Crippen LogP contribution in [-0.4, -0.2) is 46.7 Å². The molecule has 25 heavy (non-hydrogen) atoms. The summed E-state index contributed by atoms with van der Waals surface area (Å²) in [6.07, 6.45) is 0. The van der Waals surface area contributed by atoms with Crippen molar-refractivity contribution >= 4 is 57.3 Å². The second-order valence-electron chi connectivity index (χ2n) is 5.51. The fraction of sp³-hybridized carbons (Fsp3) is 0.294. The monoisotopic (exact) mass is 376 g/mol. The van der Waals surface area contributed by atoms with E-state index >= 15 is 0 Å². The van der Waals surface area contributed by atoms with Gasteiger partial charge >= 0.3 is 5.97 Å². The van der Waals surface area contributed by atoms with Gasteiger partial charge in [0.05, 0.1) is 23.3 Å². The van der Waals surface area contributed by atoms with Gasteiger partial charge in [0.2, 0.25) is 0 Å². The van der Waals surface area contributed by atoms with Crippen molar-refractivity contribution in [2.75, 3.05) is 18.6 Å². The van der Waals surface area contributed by atoms with E-state index in [1.54, 1.807) is 11.8 Å². The summed E-state index contributed by atoms with van der Waals surface area (Å²) in [5.74, 6) is -1.23. The van der Waals surface area contributed by atoms with Crippen molar-refractivity contribution < 1.29 is 19.1 Å². The quantitative estimate of drug-likeness (QED) is 0.458. The van der Waals surface area contributed by atoms with Crippen LogP contribution in [0.25, 0.3) is 5.57 Å². The summed E-state index contributed by atoms with van der Waals surface area (Å²) >= 11 is 6.32. The molecule has 0 aromatic heterocycles. The van der Waals surface area contributed by atoms with E-state index in [1.165, 1.54) is 12.0 Å². The van der Waals surface area contributed by atoms with Gasteiger partial charge in [-0.1, -0.05) is 42.2 Å². The van der Waals surface area contributed by atoms with Crippen LogP contribution in [0.3, 0.4) is 0 Å². The molecule has 0 aliphatic carbocycles. The number of hydrogen-bond acceptors (Lipinski definition) is 6. The highest BCUT2D eigenvalue weighted by Gasteiger charge is 2.44. The summed E-state index contributed by atoms with van der Waals surface area (Å²) in [6.45, 7) is 3.92. The Bertz CT molecular complexity index is 834. The van der Waals surface area contributed by atoms with Crippen molar-refractivity contribution in [2.24, 2.45) is 0 Å². The summed E-state index contributed by atoms with van der Waals surface area (Å²) in [5, 5.41) is 0. The van der Waals surface area contributed by atoms with Crippen molar-refractivity contribution in [1.82, 2.24) is 4.90 Å². The van der Waals surface area contributed by atoms with Gasteiger partial charge < -0.3 is 9.64 Å². The van der Waals surface area contributed by atoms with E-state index in [1.807, 2.05) is 31.2 Å². The molecule has 1 aromatic rings. The van der Waals surface area contributed by atoms with Gasteiger partial charge in [-0.2, -0.15) is 0 Å². The molecule has 0 spiro atoms. The first kappa shape index (κ1) is 17.6. The number of amides is 2. The highest BCUT2D eigenvalue weighted by atomic mass is 32.2. The molecule has 8 heteroatoms. The van der Waals surface area contributed by atoms with E-state index in [0.29, 0.717) is 17.7 Å². The van der Waals surface area contributed by atoms with Gasteiger partial charge in [0, 0.05) is 12.1 Å². The van der Waals surface area contributed by atoms with Crippen LogP contribution in [-0.2, 0) is 19.1 Å². The topological polar surface area (TPSA) is 66.9 Å². The first-order valence-corrected chi connectivity index (χ1v) is 8.93. The molecule has 2 amide bonds. The van der Waals surface area contributed by atoms with E-state index in [4.69, 9.17) is 17.0 Å². The zero-order valence-electron chi connectivity index (χ0n) is 13.9. The van der Waals surface area contributed by atoms with E-state index in [0.717, 1.165) is 17.4 Å². The van der Waals surface area contributed by atoms with Gasteiger partial charge in [-0.05, 0) is 19.9 Å². The lowest BCUT2D eigenvalue weighted by Gasteiger charge is -2.20. The average molecular weight is 376 g/mol. The molecule has 0 bridgehead atoms. The number of thioether (sulfide) groups is 1. The van der Waals surface area contributed by atoms with Crippen molar-refractivity contribution in [1.29, 1.82) is 0 Å². The molecule has 1 aromatic carbocycles. The van der Waals surface area contributed by atoms with Gasteiger partial charge in [0.15, 0.2) is 0 Å². The number of anilines is 1. The third kappa shape index (κ3) is 2.65. The molecule has 1 saturated heterocycles. The minimum Gasteiger partial charge on any atom is -0.467 e. The Morgan fingerprint density at radius 3 is 2.60 bits per heavy atom. The van der Waals surface area contributed by atoms with Crippen molar-refractivity contribution in [3.63, 3.8) is 0 Å². The highest BCUT2D eigenvalue weighted by Crippen LogP contribution is 2.44. The highest BCUT2D eigenvalue weighted by molar-refractivity contribution is 8.26. The fourth-order valence-electron chi connectivity index (χ4n) is 2.95. The van der Waals surface area contributed by atoms with Gasteiger partial charge in [0.1, 0.15) is 10.4 Å². The standard InChI is InChI=1S/C17H16N2O4S2/c1-4-18-11-8-6-5-7-10(11)12(14(18)20)13-15(21)19(17(24)25-13)9(2)16(22)23-3/h5-9H,4H2,1-3H3/b13-12-/t9-/m1/s1. The molecule has 2 aliphatic heterocycles. The number of benzene rings is 1. The van der Waals surface area contributed by atoms with Crippen LogP contribution >= 0.6 is 24.0 Å². The summed E-state index contributed by atoms with van der Waals surface area (Å²) in [7, 11) is 1.25. The van der Waals surface area contributed by atoms with Gasteiger partial charge in [-0.15, -0.1) is 0 Å². The number of carbonyl (C=O) groups is 3. The van der Waals surface area contributed by atoms with Crippen LogP contribution in [0.1, 0.15) is 19.4 Å². The number of methoxy groups -OCH3 is 1. The number of thiocarbonyl (C=S) groups is 1. The Hall–Kier alpha value is -2.19. The van der Waals surface area contributed by atoms with Crippen LogP contribution in [0.4, 0.5) is 5.69 Å². The van der Waals surface area contributed by atoms with E-state index in [2.05, 4.69) is 0 Å². The minimum absolute atomic E-state index is 0.227. The molecule has 2 aliphatic rings. The Morgan fingerprint density at radius 2 is 1.96 bits per heavy atom. The van der Waals surface area contributed by atoms with E-state index in [-0.39, 0.29) is 15.1 Å². The second kappa shape index (κ2) is 6.61. The first-order valence-electron chi connectivity index (χ1n) is 7.71. The third-order valence-corrected chi connectivity index (χ3v) is 5.60. The molecule has 0 N–H and O–H groups in total. The Labute approximate surface area is 154 Å². The minimum atomic E-state index is -0.843. The lowest BCUT2D eigenvalue weighted by atomic mass is 10.1. The lowest BCUT2D eigenvalue weighted by molar-refractivity contribution is -0.147. The fourth-order valence-corrected chi connectivity index (χ4v) is 4.44. The zero-order valence-corrected chi connectivity index (χ0v) is 15.6. The molecule has 3 rings (SSSR count). The van der Waals surface area contributed by atoms with Crippen LogP contribution in [0.5, 0.6) is 0 Å². The van der Waals surface area contributed by atoms with Crippen LogP contribution in [0.15, 0.2) is 29.2 Å². The van der Waals surface area contributed by atoms with Crippen LogP contribution < -0.4 is 4.90 Å². The van der Waals surface area contributed by atoms with E-state index < -0.39 is 17.9 Å². The summed E-state index contributed by atoms with van der Waals surface area (Å²) in [6, 6.07) is 6.49. The Morgan fingerprint density at radius 1 is 1.28 bits per heavy atom. The number of hydrogen-bond donors (Lipinski definition) is 0. The maximum Gasteiger partial charge on any atom is 0.328 e. The van der Waals surface area contributed by atoms with Crippen LogP contribution in [0.2, 0.25) is 0 Å². The van der Waals surface area contributed by atoms with Crippen molar-refractivity contribution in [2.45, 2.75) is 19.9 Å². The molecular formula is C17H16N2O4S2. The molecule has 0 unspecified atom stereocenters. The van der Waals surface area contributed by atoms with Gasteiger partial charge in [0.25, 0.3) is 11.8 Å². The Balaban J connectivity index is 2.10. The number of carbonyl (C=O) groups excluding carboxylic acids is 3. The lowest BCUT2D eigenvalue weighted by Crippen LogP contribution is -2.42. The predicted octanol–water partition coefficient (Wildman–Crippen LogP) is 2.19. The maximum absolute atomic E-state index is 12.9. The summed E-state index contributed by atoms with van der Waals surface area (Å²) in [5.41, 5.74) is 1.83. The van der Waals surface area contributed by atoms with Crippen molar-refractivity contribution in [3.8, 4) is 0 Å². The predicted molar refractivity (Wildman–Crippen MR) is 99.9 cm³/mol. The number of fused-ring (bicyclic) bond motifs is 1. The number of likely N-dealkylation sites (N-methyl/N-ethyl adjacent to an activating group) is 1. The summed E-state index contributed by atoms with van der Waals surface area (Å²) in [4.78, 5) is 40.6. The molecule has 0 saturated carbocycles. The third-order valence-electron chi connectivity index (χ3n) is 4.20. The van der Waals surface area contributed by atoms with Crippen LogP contribution in [0, 0.1) is 0 Å². The summed E-state index contributed by atoms with van der Waals surface area (Å²) < 4.78 is 4.94. The SMILES string of the molecule is CCN1C(=O)/C(=C2\SC(=S)N([C@H](C)C(=O)OC)C2=O)c2ccccc21. The number of para-hydroxylation sites is 1. The number of esters is 1. The first-order chi connectivity index (χ1) is 11.9. The van der Waals surface area contributed by atoms with Gasteiger partial charge in [-0.25, -0.2) is 4.79 Å². The molecular weight excluding hydrogens is 360 g/mol. The average Bonchev–Trinajstić information content (AvgIpc) is 3.05. The van der Waals surface area contributed by atoms with E-state index in [9.17, 15) is 14.4 Å². The number of rotatable bonds is 3. The largest absolute Gasteiger partial charge is 0.467 e. The Kier molecular flexibility index (Phi) is 4.66. The molecule has 2 heterocycles. The molecule has 0 radical (unpaired) electrons. The normalized spacial score (nSPS) is 21.0. The number of ether oxygens (including phenoxy) is 1. The van der Waals surface area contributed by atoms with Gasteiger partial charge in [-0.3, -0.25) is 14.5 Å². The zero-order chi connectivity index (χ0) is 18.3. The molecule has 1 atom stereocenters. The molecule has 130 valence electrons. The smallest absolute Gasteiger partial charge is 0.328 e. The van der Waals surface area contributed by atoms with Crippen molar-refractivity contribution in [3.05, 3.63) is 34.7 Å². The number of nitrogens with zero attached hydrogens (tertiary/aromatic N) is 2. The molecule has 1 fully saturated rings.